The molecule has 32 heavy (non-hydrogen) atoms. The molecule has 0 aliphatic carbocycles. The van der Waals surface area contributed by atoms with E-state index in [1.807, 2.05) is 49.4 Å². The van der Waals surface area contributed by atoms with Gasteiger partial charge in [0.25, 0.3) is 10.6 Å². The molecule has 0 atom stereocenters. The number of carboxylic acids is 1. The second kappa shape index (κ2) is 9.48. The van der Waals surface area contributed by atoms with Gasteiger partial charge in [-0.05, 0) is 44.4 Å². The average Bonchev–Trinajstić information content (AvgIpc) is 3.40. The quantitative estimate of drug-likeness (QED) is 0.543. The Kier molecular flexibility index (Phi) is 6.68. The van der Waals surface area contributed by atoms with E-state index in [1.54, 1.807) is 20.9 Å². The number of thiazole rings is 2. The Labute approximate surface area is 197 Å². The van der Waals surface area contributed by atoms with Gasteiger partial charge in [0.1, 0.15) is 9.36 Å². The van der Waals surface area contributed by atoms with Crippen molar-refractivity contribution in [3.05, 3.63) is 71.0 Å². The van der Waals surface area contributed by atoms with Crippen molar-refractivity contribution in [1.29, 1.82) is 0 Å². The molecule has 9 heteroatoms. The van der Waals surface area contributed by atoms with Crippen LogP contribution < -0.4 is 19.3 Å². The SMILES string of the molecule is CCN1C(C)=CSC1=CC=c1s/c(=C/c2sc3ccccc3[n+]2CC(=O)O)n(CC)c1=O. The molecule has 2 aromatic heterocycles. The summed E-state index contributed by atoms with van der Waals surface area (Å²) in [5.74, 6) is -0.897. The summed E-state index contributed by atoms with van der Waals surface area (Å²) in [5, 5.41) is 13.4. The van der Waals surface area contributed by atoms with E-state index in [-0.39, 0.29) is 12.1 Å². The summed E-state index contributed by atoms with van der Waals surface area (Å²) in [6.07, 6.45) is 5.83. The third-order valence-electron chi connectivity index (χ3n) is 5.17. The molecule has 6 nitrogen and oxygen atoms in total. The van der Waals surface area contributed by atoms with Crippen molar-refractivity contribution in [2.45, 2.75) is 33.9 Å². The predicted molar refractivity (Wildman–Crippen MR) is 133 cm³/mol. The molecule has 1 aliphatic heterocycles. The van der Waals surface area contributed by atoms with Crippen LogP contribution in [-0.2, 0) is 17.9 Å². The number of rotatable bonds is 6. The molecule has 0 fully saturated rings. The highest BCUT2D eigenvalue weighted by atomic mass is 32.2. The molecule has 1 aliphatic rings. The van der Waals surface area contributed by atoms with Crippen LogP contribution in [-0.4, -0.2) is 27.1 Å². The summed E-state index contributed by atoms with van der Waals surface area (Å²) in [5.41, 5.74) is 2.06. The minimum Gasteiger partial charge on any atom is -0.477 e. The van der Waals surface area contributed by atoms with Crippen molar-refractivity contribution in [3.8, 4) is 0 Å². The fourth-order valence-electron chi connectivity index (χ4n) is 3.65. The average molecular weight is 487 g/mol. The number of carboxylic acid groups (broad SMARTS) is 1. The summed E-state index contributed by atoms with van der Waals surface area (Å²) < 4.78 is 6.03. The molecule has 0 saturated carbocycles. The van der Waals surface area contributed by atoms with Gasteiger partial charge in [0.05, 0.1) is 15.6 Å². The van der Waals surface area contributed by atoms with Crippen LogP contribution in [0.25, 0.3) is 22.4 Å². The predicted octanol–water partition coefficient (Wildman–Crippen LogP) is 2.90. The lowest BCUT2D eigenvalue weighted by Crippen LogP contribution is -2.40. The molecule has 3 aromatic rings. The number of aromatic nitrogens is 2. The molecule has 0 unspecified atom stereocenters. The fraction of sp³-hybridized carbons (Fsp3) is 0.261. The molecule has 0 saturated heterocycles. The first-order chi connectivity index (χ1) is 15.4. The van der Waals surface area contributed by atoms with Crippen LogP contribution in [0.3, 0.4) is 0 Å². The monoisotopic (exact) mass is 486 g/mol. The van der Waals surface area contributed by atoms with Gasteiger partial charge >= 0.3 is 5.97 Å². The summed E-state index contributed by atoms with van der Waals surface area (Å²) in [6, 6.07) is 7.76. The normalized spacial score (nSPS) is 16.5. The molecule has 0 spiro atoms. The Hall–Kier alpha value is -2.62. The molecule has 0 bridgehead atoms. The van der Waals surface area contributed by atoms with Gasteiger partial charge in [0.2, 0.25) is 12.1 Å². The number of thioether (sulfide) groups is 1. The first kappa shape index (κ1) is 22.6. The van der Waals surface area contributed by atoms with Gasteiger partial charge in [-0.1, -0.05) is 35.2 Å². The first-order valence-corrected chi connectivity index (χ1v) is 12.8. The summed E-state index contributed by atoms with van der Waals surface area (Å²) in [4.78, 5) is 26.7. The van der Waals surface area contributed by atoms with Gasteiger partial charge in [-0.2, -0.15) is 4.57 Å². The number of hydrogen-bond donors (Lipinski definition) is 1. The summed E-state index contributed by atoms with van der Waals surface area (Å²) in [7, 11) is 0. The van der Waals surface area contributed by atoms with E-state index < -0.39 is 5.97 Å². The number of hydrogen-bond acceptors (Lipinski definition) is 6. The smallest absolute Gasteiger partial charge is 0.370 e. The maximum Gasteiger partial charge on any atom is 0.370 e. The van der Waals surface area contributed by atoms with E-state index in [9.17, 15) is 14.7 Å². The van der Waals surface area contributed by atoms with Gasteiger partial charge in [0, 0.05) is 24.9 Å². The number of aliphatic carboxylic acids is 1. The van der Waals surface area contributed by atoms with E-state index in [0.29, 0.717) is 11.1 Å². The second-order valence-corrected chi connectivity index (χ2v) is 10.2. The topological polar surface area (TPSA) is 66.4 Å². The third kappa shape index (κ3) is 4.32. The second-order valence-electron chi connectivity index (χ2n) is 7.18. The maximum absolute atomic E-state index is 13.0. The van der Waals surface area contributed by atoms with Crippen LogP contribution in [0, 0.1) is 0 Å². The molecular formula is C23H24N3O3S3+. The standard InChI is InChI=1S/C23H23N3O3S3/c1-4-24-15(3)14-30-19(24)11-10-18-23(29)25(5-2)20(32-18)12-21-26(13-22(27)28)16-8-6-7-9-17(16)31-21/h6-12,14H,4-5,13H2,1-3H3/p+1. The molecule has 1 N–H and O–H groups in total. The molecule has 4 rings (SSSR count). The van der Waals surface area contributed by atoms with Crippen LogP contribution in [0.2, 0.25) is 0 Å². The molecule has 0 amide bonds. The van der Waals surface area contributed by atoms with E-state index in [0.717, 1.165) is 31.5 Å². The minimum atomic E-state index is -0.897. The Balaban J connectivity index is 1.84. The Morgan fingerprint density at radius 1 is 1.16 bits per heavy atom. The number of allylic oxidation sites excluding steroid dienone is 2. The lowest BCUT2D eigenvalue weighted by molar-refractivity contribution is -0.657. The van der Waals surface area contributed by atoms with Crippen LogP contribution in [0.5, 0.6) is 0 Å². The fourth-order valence-corrected chi connectivity index (χ4v) is 6.84. The van der Waals surface area contributed by atoms with E-state index in [1.165, 1.54) is 28.4 Å². The highest BCUT2D eigenvalue weighted by molar-refractivity contribution is 8.06. The van der Waals surface area contributed by atoms with Gasteiger partial charge in [-0.3, -0.25) is 9.36 Å². The Morgan fingerprint density at radius 2 is 1.94 bits per heavy atom. The third-order valence-corrected chi connectivity index (χ3v) is 8.41. The van der Waals surface area contributed by atoms with E-state index in [2.05, 4.69) is 24.2 Å². The zero-order chi connectivity index (χ0) is 22.8. The summed E-state index contributed by atoms with van der Waals surface area (Å²) in [6.45, 7) is 7.44. The summed E-state index contributed by atoms with van der Waals surface area (Å²) >= 11 is 4.62. The molecule has 0 radical (unpaired) electrons. The van der Waals surface area contributed by atoms with E-state index >= 15 is 0 Å². The van der Waals surface area contributed by atoms with Gasteiger partial charge in [-0.15, -0.1) is 11.3 Å². The van der Waals surface area contributed by atoms with Gasteiger partial charge in [-0.25, -0.2) is 4.79 Å². The first-order valence-electron chi connectivity index (χ1n) is 10.3. The minimum absolute atomic E-state index is 0.0257. The van der Waals surface area contributed by atoms with Crippen LogP contribution >= 0.6 is 34.4 Å². The number of fused-ring (bicyclic) bond motifs is 1. The lowest BCUT2D eigenvalue weighted by atomic mass is 10.3. The molecule has 3 heterocycles. The number of benzene rings is 1. The highest BCUT2D eigenvalue weighted by Gasteiger charge is 2.22. The van der Waals surface area contributed by atoms with Crippen LogP contribution in [0.1, 0.15) is 25.8 Å². The van der Waals surface area contributed by atoms with Gasteiger partial charge in [0.15, 0.2) is 0 Å². The Bertz CT molecular complexity index is 1430. The van der Waals surface area contributed by atoms with Crippen molar-refractivity contribution < 1.29 is 14.5 Å². The molecule has 166 valence electrons. The van der Waals surface area contributed by atoms with E-state index in [4.69, 9.17) is 0 Å². The van der Waals surface area contributed by atoms with Crippen molar-refractivity contribution in [2.75, 3.05) is 6.54 Å². The Morgan fingerprint density at radius 3 is 2.66 bits per heavy atom. The zero-order valence-corrected chi connectivity index (χ0v) is 20.5. The number of para-hydroxylation sites is 1. The maximum atomic E-state index is 13.0. The van der Waals surface area contributed by atoms with Gasteiger partial charge < -0.3 is 10.0 Å². The number of nitrogens with zero attached hydrogens (tertiary/aromatic N) is 3. The largest absolute Gasteiger partial charge is 0.477 e. The molecular weight excluding hydrogens is 462 g/mol. The highest BCUT2D eigenvalue weighted by Crippen LogP contribution is 2.33. The van der Waals surface area contributed by atoms with Crippen LogP contribution in [0.15, 0.2) is 51.3 Å². The van der Waals surface area contributed by atoms with Crippen molar-refractivity contribution in [2.24, 2.45) is 0 Å². The number of carbonyl (C=O) groups is 1. The van der Waals surface area contributed by atoms with Crippen molar-refractivity contribution >= 4 is 62.8 Å². The lowest BCUT2D eigenvalue weighted by Gasteiger charge is -2.18. The zero-order valence-electron chi connectivity index (χ0n) is 18.1. The van der Waals surface area contributed by atoms with Crippen LogP contribution in [0.4, 0.5) is 0 Å². The van der Waals surface area contributed by atoms with Crippen molar-refractivity contribution in [3.63, 3.8) is 0 Å². The molecule has 1 aromatic carbocycles. The van der Waals surface area contributed by atoms with Crippen molar-refractivity contribution in [1.82, 2.24) is 9.47 Å².